The molecule has 4 aliphatic rings. The van der Waals surface area contributed by atoms with Crippen molar-refractivity contribution in [3.63, 3.8) is 0 Å². The zero-order valence-electron chi connectivity index (χ0n) is 16.8. The molecule has 2 aromatic rings. The van der Waals surface area contributed by atoms with E-state index in [4.69, 9.17) is 9.26 Å². The smallest absolute Gasteiger partial charge is 0.365 e. The largest absolute Gasteiger partial charge is 0.416 e. The third-order valence-electron chi connectivity index (χ3n) is 6.52. The molecule has 4 aliphatic heterocycles. The molecule has 1 aromatic heterocycles. The Morgan fingerprint density at radius 2 is 1.94 bits per heavy atom. The molecule has 0 saturated carbocycles. The van der Waals surface area contributed by atoms with E-state index in [1.165, 1.54) is 12.1 Å². The van der Waals surface area contributed by atoms with Gasteiger partial charge in [0.25, 0.3) is 5.89 Å². The highest BCUT2D eigenvalue weighted by Gasteiger charge is 2.41. The van der Waals surface area contributed by atoms with E-state index in [9.17, 15) is 18.0 Å². The van der Waals surface area contributed by atoms with Gasteiger partial charge in [0, 0.05) is 18.7 Å². The lowest BCUT2D eigenvalue weighted by Gasteiger charge is -2.46. The highest BCUT2D eigenvalue weighted by Crippen LogP contribution is 2.35. The average Bonchev–Trinajstić information content (AvgIpc) is 3.29. The first kappa shape index (κ1) is 20.4. The number of alkyl halides is 3. The fraction of sp³-hybridized carbons (Fsp3) is 0.571. The van der Waals surface area contributed by atoms with Crippen molar-refractivity contribution in [1.82, 2.24) is 19.9 Å². The topological polar surface area (TPSA) is 71.7 Å². The lowest BCUT2D eigenvalue weighted by molar-refractivity contribution is -0.150. The lowest BCUT2D eigenvalue weighted by Crippen LogP contribution is -2.55. The minimum atomic E-state index is -4.45. The SMILES string of the molecule is O=C([C@@H]1CN2CCC1CC2)N1CCO[C@H](c2nc(-c3cccc(C(F)(F)F)c3)no2)C1. The maximum atomic E-state index is 13.1. The van der Waals surface area contributed by atoms with Crippen LogP contribution < -0.4 is 0 Å². The standard InChI is InChI=1S/C21H23F3N4O3/c22-21(23,24)15-3-1-2-14(10-15)18-25-19(31-26-18)17-12-28(8-9-30-17)20(29)16-11-27-6-4-13(16)5-7-27/h1-3,10,13,16-17H,4-9,11-12H2/t16-,17+/m1/s1. The van der Waals surface area contributed by atoms with Gasteiger partial charge in [0.05, 0.1) is 24.6 Å². The van der Waals surface area contributed by atoms with Crippen LogP contribution in [-0.4, -0.2) is 65.2 Å². The molecule has 5 heterocycles. The zero-order chi connectivity index (χ0) is 21.6. The minimum Gasteiger partial charge on any atom is -0.365 e. The molecule has 1 aromatic carbocycles. The Bertz CT molecular complexity index is 955. The lowest BCUT2D eigenvalue weighted by atomic mass is 9.78. The van der Waals surface area contributed by atoms with E-state index in [0.29, 0.717) is 25.6 Å². The Labute approximate surface area is 177 Å². The second-order valence-electron chi connectivity index (χ2n) is 8.42. The first-order valence-electron chi connectivity index (χ1n) is 10.5. The maximum absolute atomic E-state index is 13.1. The van der Waals surface area contributed by atoms with Crippen molar-refractivity contribution in [2.24, 2.45) is 11.8 Å². The highest BCUT2D eigenvalue weighted by molar-refractivity contribution is 5.80. The molecule has 31 heavy (non-hydrogen) atoms. The van der Waals surface area contributed by atoms with E-state index in [1.54, 1.807) is 4.90 Å². The first-order valence-corrected chi connectivity index (χ1v) is 10.5. The number of hydrogen-bond acceptors (Lipinski definition) is 6. The quantitative estimate of drug-likeness (QED) is 0.737. The van der Waals surface area contributed by atoms with Gasteiger partial charge in [0.2, 0.25) is 11.7 Å². The summed E-state index contributed by atoms with van der Waals surface area (Å²) in [6.45, 7) is 4.10. The van der Waals surface area contributed by atoms with Crippen molar-refractivity contribution in [1.29, 1.82) is 0 Å². The Kier molecular flexibility index (Phi) is 5.21. The number of benzene rings is 1. The molecular weight excluding hydrogens is 413 g/mol. The summed E-state index contributed by atoms with van der Waals surface area (Å²) in [6, 6.07) is 4.78. The molecule has 0 spiro atoms. The number of fused-ring (bicyclic) bond motifs is 3. The second kappa shape index (κ2) is 7.90. The predicted octanol–water partition coefficient (Wildman–Crippen LogP) is 3.00. The summed E-state index contributed by atoms with van der Waals surface area (Å²) < 4.78 is 50.0. The van der Waals surface area contributed by atoms with Crippen LogP contribution in [0.25, 0.3) is 11.4 Å². The van der Waals surface area contributed by atoms with Crippen LogP contribution in [-0.2, 0) is 15.7 Å². The molecular formula is C21H23F3N4O3. The van der Waals surface area contributed by atoms with E-state index < -0.39 is 17.8 Å². The van der Waals surface area contributed by atoms with Crippen LogP contribution >= 0.6 is 0 Å². The normalized spacial score (nSPS) is 28.7. The third-order valence-corrected chi connectivity index (χ3v) is 6.52. The van der Waals surface area contributed by atoms with Crippen molar-refractivity contribution in [3.8, 4) is 11.4 Å². The summed E-state index contributed by atoms with van der Waals surface area (Å²) in [7, 11) is 0. The van der Waals surface area contributed by atoms with Crippen molar-refractivity contribution in [2.45, 2.75) is 25.1 Å². The minimum absolute atomic E-state index is 0.0182. The Balaban J connectivity index is 1.29. The van der Waals surface area contributed by atoms with Gasteiger partial charge in [-0.2, -0.15) is 18.2 Å². The van der Waals surface area contributed by atoms with Crippen molar-refractivity contribution >= 4 is 5.91 Å². The molecule has 4 fully saturated rings. The fourth-order valence-electron chi connectivity index (χ4n) is 4.80. The van der Waals surface area contributed by atoms with Crippen LogP contribution in [0.5, 0.6) is 0 Å². The summed E-state index contributed by atoms with van der Waals surface area (Å²) in [5.41, 5.74) is -0.569. The Morgan fingerprint density at radius 1 is 1.13 bits per heavy atom. The molecule has 7 nitrogen and oxygen atoms in total. The number of rotatable bonds is 3. The first-order chi connectivity index (χ1) is 14.9. The zero-order valence-corrected chi connectivity index (χ0v) is 16.8. The molecule has 166 valence electrons. The van der Waals surface area contributed by atoms with Gasteiger partial charge in [-0.15, -0.1) is 0 Å². The molecule has 1 amide bonds. The summed E-state index contributed by atoms with van der Waals surface area (Å²) >= 11 is 0. The van der Waals surface area contributed by atoms with Crippen LogP contribution in [0.4, 0.5) is 13.2 Å². The molecule has 0 aliphatic carbocycles. The molecule has 0 unspecified atom stereocenters. The predicted molar refractivity (Wildman–Crippen MR) is 103 cm³/mol. The van der Waals surface area contributed by atoms with Gasteiger partial charge in [-0.3, -0.25) is 4.79 Å². The Hall–Kier alpha value is -2.46. The van der Waals surface area contributed by atoms with Crippen molar-refractivity contribution in [2.75, 3.05) is 39.3 Å². The molecule has 0 radical (unpaired) electrons. The van der Waals surface area contributed by atoms with Crippen LogP contribution in [0.3, 0.4) is 0 Å². The van der Waals surface area contributed by atoms with Gasteiger partial charge >= 0.3 is 6.18 Å². The fourth-order valence-corrected chi connectivity index (χ4v) is 4.80. The number of aromatic nitrogens is 2. The maximum Gasteiger partial charge on any atom is 0.416 e. The third kappa shape index (κ3) is 4.06. The number of carbonyl (C=O) groups is 1. The molecule has 0 N–H and O–H groups in total. The molecule has 2 atom stereocenters. The van der Waals surface area contributed by atoms with E-state index in [0.717, 1.165) is 44.6 Å². The van der Waals surface area contributed by atoms with E-state index in [-0.39, 0.29) is 29.1 Å². The number of piperidine rings is 3. The molecule has 4 saturated heterocycles. The van der Waals surface area contributed by atoms with E-state index >= 15 is 0 Å². The summed E-state index contributed by atoms with van der Waals surface area (Å²) in [6.07, 6.45) is -2.92. The number of halogens is 3. The van der Waals surface area contributed by atoms with Crippen LogP contribution in [0.1, 0.15) is 30.4 Å². The molecule has 10 heteroatoms. The summed E-state index contributed by atoms with van der Waals surface area (Å²) in [4.78, 5) is 21.6. The highest BCUT2D eigenvalue weighted by atomic mass is 19.4. The number of amides is 1. The number of hydrogen-bond donors (Lipinski definition) is 0. The van der Waals surface area contributed by atoms with Crippen molar-refractivity contribution in [3.05, 3.63) is 35.7 Å². The van der Waals surface area contributed by atoms with E-state index in [1.807, 2.05) is 0 Å². The molecule has 2 bridgehead atoms. The summed E-state index contributed by atoms with van der Waals surface area (Å²) in [5.74, 6) is 0.823. The van der Waals surface area contributed by atoms with Crippen LogP contribution in [0.2, 0.25) is 0 Å². The number of morpholine rings is 1. The van der Waals surface area contributed by atoms with Gasteiger partial charge in [0.15, 0.2) is 6.10 Å². The van der Waals surface area contributed by atoms with Gasteiger partial charge in [-0.1, -0.05) is 17.3 Å². The molecule has 6 rings (SSSR count). The van der Waals surface area contributed by atoms with Crippen LogP contribution in [0.15, 0.2) is 28.8 Å². The monoisotopic (exact) mass is 436 g/mol. The van der Waals surface area contributed by atoms with E-state index in [2.05, 4.69) is 15.0 Å². The van der Waals surface area contributed by atoms with Gasteiger partial charge in [0.1, 0.15) is 0 Å². The number of ether oxygens (including phenoxy) is 1. The van der Waals surface area contributed by atoms with Gasteiger partial charge in [-0.25, -0.2) is 0 Å². The summed E-state index contributed by atoms with van der Waals surface area (Å²) in [5, 5.41) is 3.83. The average molecular weight is 436 g/mol. The van der Waals surface area contributed by atoms with Gasteiger partial charge < -0.3 is 19.1 Å². The van der Waals surface area contributed by atoms with Crippen molar-refractivity contribution < 1.29 is 27.2 Å². The second-order valence-corrected chi connectivity index (χ2v) is 8.42. The van der Waals surface area contributed by atoms with Gasteiger partial charge in [-0.05, 0) is 44.0 Å². The number of carbonyl (C=O) groups excluding carboxylic acids is 1. The number of nitrogens with zero attached hydrogens (tertiary/aromatic N) is 4. The Morgan fingerprint density at radius 3 is 2.65 bits per heavy atom. The van der Waals surface area contributed by atoms with Crippen LogP contribution in [0, 0.1) is 11.8 Å².